The summed E-state index contributed by atoms with van der Waals surface area (Å²) in [5.41, 5.74) is 0.920. The summed E-state index contributed by atoms with van der Waals surface area (Å²) in [7, 11) is 0. The molecular weight excluding hydrogens is 166 g/mol. The molecule has 0 radical (unpaired) electrons. The molecule has 4 nitrogen and oxygen atoms in total. The normalized spacial score (nSPS) is 21.7. The number of anilines is 1. The Hall–Kier alpha value is -1.29. The van der Waals surface area contributed by atoms with Crippen molar-refractivity contribution in [2.45, 2.75) is 12.5 Å². The number of aromatic nitrogens is 1. The molecule has 1 atom stereocenters. The number of aromatic amines is 1. The molecule has 1 aliphatic rings. The van der Waals surface area contributed by atoms with E-state index in [0.29, 0.717) is 6.04 Å². The molecule has 1 saturated heterocycles. The van der Waals surface area contributed by atoms with Gasteiger partial charge in [0.25, 0.3) is 0 Å². The standard InChI is InChI=1S/C9H13N3O/c13-9-2-1-7(6-11-9)12-8-3-4-10-5-8/h1-2,6,8,10,12H,3-5H2,(H,11,13). The van der Waals surface area contributed by atoms with Crippen LogP contribution < -0.4 is 16.2 Å². The van der Waals surface area contributed by atoms with E-state index in [1.165, 1.54) is 6.07 Å². The minimum Gasteiger partial charge on any atom is -0.380 e. The first kappa shape index (κ1) is 8.31. The zero-order valence-electron chi connectivity index (χ0n) is 7.34. The summed E-state index contributed by atoms with van der Waals surface area (Å²) < 4.78 is 0. The lowest BCUT2D eigenvalue weighted by Crippen LogP contribution is -2.22. The number of hydrogen-bond acceptors (Lipinski definition) is 3. The molecule has 70 valence electrons. The summed E-state index contributed by atoms with van der Waals surface area (Å²) in [6.07, 6.45) is 2.85. The first-order chi connectivity index (χ1) is 6.34. The second kappa shape index (κ2) is 3.62. The molecule has 1 aromatic rings. The SMILES string of the molecule is O=c1ccc(NC2CCNC2)c[nH]1. The lowest BCUT2D eigenvalue weighted by Gasteiger charge is -2.11. The van der Waals surface area contributed by atoms with Gasteiger partial charge in [-0.2, -0.15) is 0 Å². The monoisotopic (exact) mass is 179 g/mol. The summed E-state index contributed by atoms with van der Waals surface area (Å²) in [5, 5.41) is 6.60. The Labute approximate surface area is 76.4 Å². The smallest absolute Gasteiger partial charge is 0.248 e. The fraction of sp³-hybridized carbons (Fsp3) is 0.444. The van der Waals surface area contributed by atoms with Gasteiger partial charge in [0, 0.05) is 24.8 Å². The molecule has 0 saturated carbocycles. The van der Waals surface area contributed by atoms with Gasteiger partial charge in [-0.25, -0.2) is 0 Å². The van der Waals surface area contributed by atoms with Crippen LogP contribution in [0.25, 0.3) is 0 Å². The molecular formula is C9H13N3O. The molecule has 1 aliphatic heterocycles. The molecule has 2 heterocycles. The molecule has 4 heteroatoms. The number of rotatable bonds is 2. The summed E-state index contributed by atoms with van der Waals surface area (Å²) in [5.74, 6) is 0. The van der Waals surface area contributed by atoms with Gasteiger partial charge >= 0.3 is 0 Å². The Morgan fingerprint density at radius 1 is 1.46 bits per heavy atom. The predicted octanol–water partition coefficient (Wildman–Crippen LogP) is 0.149. The second-order valence-electron chi connectivity index (χ2n) is 3.28. The summed E-state index contributed by atoms with van der Waals surface area (Å²) >= 11 is 0. The van der Waals surface area contributed by atoms with Crippen LogP contribution in [-0.2, 0) is 0 Å². The van der Waals surface area contributed by atoms with Crippen LogP contribution >= 0.6 is 0 Å². The van der Waals surface area contributed by atoms with Crippen LogP contribution in [0, 0.1) is 0 Å². The quantitative estimate of drug-likeness (QED) is 0.605. The Morgan fingerprint density at radius 2 is 2.38 bits per heavy atom. The molecule has 0 spiro atoms. The van der Waals surface area contributed by atoms with E-state index in [2.05, 4.69) is 15.6 Å². The highest BCUT2D eigenvalue weighted by atomic mass is 16.1. The lowest BCUT2D eigenvalue weighted by atomic mass is 10.2. The summed E-state index contributed by atoms with van der Waals surface area (Å²) in [6, 6.07) is 3.83. The van der Waals surface area contributed by atoms with Crippen molar-refractivity contribution in [3.8, 4) is 0 Å². The maximum absolute atomic E-state index is 10.8. The van der Waals surface area contributed by atoms with Crippen LogP contribution in [0.4, 0.5) is 5.69 Å². The van der Waals surface area contributed by atoms with Crippen LogP contribution in [0.15, 0.2) is 23.1 Å². The van der Waals surface area contributed by atoms with Gasteiger partial charge in [0.2, 0.25) is 5.56 Å². The fourth-order valence-electron chi connectivity index (χ4n) is 1.51. The molecule has 2 rings (SSSR count). The second-order valence-corrected chi connectivity index (χ2v) is 3.28. The van der Waals surface area contributed by atoms with Gasteiger partial charge in [0.1, 0.15) is 0 Å². The number of H-pyrrole nitrogens is 1. The van der Waals surface area contributed by atoms with Gasteiger partial charge in [-0.1, -0.05) is 0 Å². The topological polar surface area (TPSA) is 56.9 Å². The van der Waals surface area contributed by atoms with E-state index >= 15 is 0 Å². The van der Waals surface area contributed by atoms with Crippen LogP contribution in [0.5, 0.6) is 0 Å². The number of pyridine rings is 1. The highest BCUT2D eigenvalue weighted by Crippen LogP contribution is 2.07. The molecule has 1 fully saturated rings. The van der Waals surface area contributed by atoms with E-state index in [1.54, 1.807) is 12.3 Å². The Kier molecular flexibility index (Phi) is 2.31. The molecule has 3 N–H and O–H groups in total. The van der Waals surface area contributed by atoms with Gasteiger partial charge in [-0.05, 0) is 19.0 Å². The zero-order valence-corrected chi connectivity index (χ0v) is 7.34. The van der Waals surface area contributed by atoms with E-state index in [0.717, 1.165) is 25.2 Å². The van der Waals surface area contributed by atoms with Crippen molar-refractivity contribution in [1.29, 1.82) is 0 Å². The van der Waals surface area contributed by atoms with E-state index in [4.69, 9.17) is 0 Å². The molecule has 0 bridgehead atoms. The number of nitrogens with one attached hydrogen (secondary N) is 3. The Bertz CT molecular complexity index is 307. The van der Waals surface area contributed by atoms with Gasteiger partial charge in [-0.3, -0.25) is 4.79 Å². The Morgan fingerprint density at radius 3 is 3.00 bits per heavy atom. The third-order valence-corrected chi connectivity index (χ3v) is 2.22. The van der Waals surface area contributed by atoms with Crippen molar-refractivity contribution >= 4 is 5.69 Å². The van der Waals surface area contributed by atoms with Gasteiger partial charge in [-0.15, -0.1) is 0 Å². The maximum atomic E-state index is 10.8. The van der Waals surface area contributed by atoms with Gasteiger partial charge in [0.05, 0.1) is 5.69 Å². The van der Waals surface area contributed by atoms with Crippen LogP contribution in [0.2, 0.25) is 0 Å². The van der Waals surface area contributed by atoms with E-state index in [-0.39, 0.29) is 5.56 Å². The predicted molar refractivity (Wildman–Crippen MR) is 52.0 cm³/mol. The van der Waals surface area contributed by atoms with Crippen molar-refractivity contribution in [1.82, 2.24) is 10.3 Å². The average molecular weight is 179 g/mol. The fourth-order valence-corrected chi connectivity index (χ4v) is 1.51. The van der Waals surface area contributed by atoms with Crippen LogP contribution in [0.3, 0.4) is 0 Å². The third kappa shape index (κ3) is 2.09. The van der Waals surface area contributed by atoms with Gasteiger partial charge < -0.3 is 15.6 Å². The third-order valence-electron chi connectivity index (χ3n) is 2.22. The zero-order chi connectivity index (χ0) is 9.10. The highest BCUT2D eigenvalue weighted by Gasteiger charge is 2.13. The molecule has 0 aliphatic carbocycles. The molecule has 13 heavy (non-hydrogen) atoms. The van der Waals surface area contributed by atoms with Crippen molar-refractivity contribution in [2.75, 3.05) is 18.4 Å². The van der Waals surface area contributed by atoms with Crippen molar-refractivity contribution in [2.24, 2.45) is 0 Å². The van der Waals surface area contributed by atoms with Crippen LogP contribution in [0.1, 0.15) is 6.42 Å². The molecule has 0 amide bonds. The van der Waals surface area contributed by atoms with Crippen molar-refractivity contribution in [3.05, 3.63) is 28.7 Å². The lowest BCUT2D eigenvalue weighted by molar-refractivity contribution is 0.792. The average Bonchev–Trinajstić information content (AvgIpc) is 2.62. The van der Waals surface area contributed by atoms with Crippen molar-refractivity contribution in [3.63, 3.8) is 0 Å². The Balaban J connectivity index is 2.00. The van der Waals surface area contributed by atoms with E-state index in [1.807, 2.05) is 0 Å². The minimum absolute atomic E-state index is 0.0601. The largest absolute Gasteiger partial charge is 0.380 e. The molecule has 1 unspecified atom stereocenters. The first-order valence-corrected chi connectivity index (χ1v) is 4.50. The van der Waals surface area contributed by atoms with Crippen molar-refractivity contribution < 1.29 is 0 Å². The molecule has 1 aromatic heterocycles. The highest BCUT2D eigenvalue weighted by molar-refractivity contribution is 5.41. The van der Waals surface area contributed by atoms with Gasteiger partial charge in [0.15, 0.2) is 0 Å². The summed E-state index contributed by atoms with van der Waals surface area (Å²) in [6.45, 7) is 2.07. The minimum atomic E-state index is -0.0601. The maximum Gasteiger partial charge on any atom is 0.248 e. The number of hydrogen-bond donors (Lipinski definition) is 3. The van der Waals surface area contributed by atoms with E-state index < -0.39 is 0 Å². The first-order valence-electron chi connectivity index (χ1n) is 4.50. The summed E-state index contributed by atoms with van der Waals surface area (Å²) in [4.78, 5) is 13.4. The molecule has 0 aromatic carbocycles. The van der Waals surface area contributed by atoms with E-state index in [9.17, 15) is 4.79 Å². The van der Waals surface area contributed by atoms with Crippen LogP contribution in [-0.4, -0.2) is 24.1 Å².